The normalized spacial score (nSPS) is 12.0. The van der Waals surface area contributed by atoms with Gasteiger partial charge in [-0.15, -0.1) is 11.3 Å². The predicted molar refractivity (Wildman–Crippen MR) is 85.7 cm³/mol. The van der Waals surface area contributed by atoms with Crippen molar-refractivity contribution in [2.24, 2.45) is 0 Å². The van der Waals surface area contributed by atoms with E-state index in [1.165, 1.54) is 0 Å². The molecule has 0 bridgehead atoms. The first kappa shape index (κ1) is 15.4. The highest BCUT2D eigenvalue weighted by Gasteiger charge is 2.16. The van der Waals surface area contributed by atoms with Crippen molar-refractivity contribution in [1.29, 1.82) is 0 Å². The topological polar surface area (TPSA) is 66.9 Å². The second-order valence-electron chi connectivity index (χ2n) is 4.87. The number of aromatic nitrogens is 2. The highest BCUT2D eigenvalue weighted by Crippen LogP contribution is 2.19. The molecule has 0 radical (unpaired) electrons. The molecule has 5 nitrogen and oxygen atoms in total. The molecular formula is C15H20N4OS. The summed E-state index contributed by atoms with van der Waals surface area (Å²) in [6, 6.07) is 1.71. The second-order valence-corrected chi connectivity index (χ2v) is 5.76. The van der Waals surface area contributed by atoms with Crippen LogP contribution in [0.25, 0.3) is 0 Å². The van der Waals surface area contributed by atoms with Crippen molar-refractivity contribution in [3.05, 3.63) is 40.1 Å². The highest BCUT2D eigenvalue weighted by atomic mass is 32.1. The fourth-order valence-electron chi connectivity index (χ4n) is 1.90. The first-order valence-corrected chi connectivity index (χ1v) is 7.90. The lowest BCUT2D eigenvalue weighted by Crippen LogP contribution is -2.27. The Balaban J connectivity index is 2.09. The van der Waals surface area contributed by atoms with Gasteiger partial charge in [-0.3, -0.25) is 9.78 Å². The van der Waals surface area contributed by atoms with Gasteiger partial charge >= 0.3 is 0 Å². The van der Waals surface area contributed by atoms with E-state index < -0.39 is 0 Å². The van der Waals surface area contributed by atoms with Crippen molar-refractivity contribution in [3.8, 4) is 0 Å². The van der Waals surface area contributed by atoms with Crippen molar-refractivity contribution >= 4 is 22.9 Å². The summed E-state index contributed by atoms with van der Waals surface area (Å²) in [5.41, 5.74) is 2.35. The number of carbonyl (C=O) groups excluding carboxylic acids is 1. The van der Waals surface area contributed by atoms with Crippen LogP contribution in [0.3, 0.4) is 0 Å². The van der Waals surface area contributed by atoms with E-state index >= 15 is 0 Å². The molecular weight excluding hydrogens is 284 g/mol. The number of aryl methyl sites for hydroxylation is 1. The van der Waals surface area contributed by atoms with Gasteiger partial charge in [0.15, 0.2) is 0 Å². The van der Waals surface area contributed by atoms with Gasteiger partial charge in [-0.2, -0.15) is 0 Å². The smallest absolute Gasteiger partial charge is 0.255 e. The minimum atomic E-state index is -0.137. The quantitative estimate of drug-likeness (QED) is 0.860. The number of rotatable bonds is 6. The Morgan fingerprint density at radius 2 is 2.29 bits per heavy atom. The van der Waals surface area contributed by atoms with Crippen LogP contribution < -0.4 is 10.6 Å². The molecule has 0 aliphatic rings. The Labute approximate surface area is 128 Å². The molecule has 0 aliphatic heterocycles. The summed E-state index contributed by atoms with van der Waals surface area (Å²) in [7, 11) is 0. The molecule has 0 saturated heterocycles. The Bertz CT molecular complexity index is 611. The zero-order chi connectivity index (χ0) is 15.2. The van der Waals surface area contributed by atoms with Gasteiger partial charge in [-0.05, 0) is 26.3 Å². The third kappa shape index (κ3) is 4.01. The molecule has 112 valence electrons. The average Bonchev–Trinajstić information content (AvgIpc) is 2.92. The molecule has 6 heteroatoms. The summed E-state index contributed by atoms with van der Waals surface area (Å²) >= 11 is 1.56. The lowest BCUT2D eigenvalue weighted by molar-refractivity contribution is 0.0940. The van der Waals surface area contributed by atoms with Gasteiger partial charge in [0.2, 0.25) is 0 Å². The Kier molecular flexibility index (Phi) is 5.27. The Morgan fingerprint density at radius 1 is 1.48 bits per heavy atom. The van der Waals surface area contributed by atoms with Crippen LogP contribution in [0.2, 0.25) is 0 Å². The minimum Gasteiger partial charge on any atom is -0.384 e. The molecule has 0 aliphatic carbocycles. The van der Waals surface area contributed by atoms with E-state index in [4.69, 9.17) is 0 Å². The molecule has 2 rings (SSSR count). The number of hydrogen-bond donors (Lipinski definition) is 2. The molecule has 0 aromatic carbocycles. The molecule has 1 amide bonds. The van der Waals surface area contributed by atoms with E-state index in [-0.39, 0.29) is 11.9 Å². The number of carbonyl (C=O) groups is 1. The third-order valence-corrected chi connectivity index (χ3v) is 4.13. The molecule has 1 atom stereocenters. The van der Waals surface area contributed by atoms with Gasteiger partial charge in [0.25, 0.3) is 5.91 Å². The van der Waals surface area contributed by atoms with Gasteiger partial charge in [-0.1, -0.05) is 6.92 Å². The molecule has 21 heavy (non-hydrogen) atoms. The maximum absolute atomic E-state index is 12.4. The van der Waals surface area contributed by atoms with Gasteiger partial charge in [0.05, 0.1) is 17.3 Å². The number of nitrogens with one attached hydrogen (secondary N) is 2. The van der Waals surface area contributed by atoms with E-state index in [9.17, 15) is 4.79 Å². The van der Waals surface area contributed by atoms with Crippen molar-refractivity contribution in [2.45, 2.75) is 33.2 Å². The predicted octanol–water partition coefficient (Wildman–Crippen LogP) is 3.16. The van der Waals surface area contributed by atoms with Gasteiger partial charge in [-0.25, -0.2) is 4.98 Å². The number of hydrogen-bond acceptors (Lipinski definition) is 5. The third-order valence-electron chi connectivity index (χ3n) is 2.99. The fraction of sp³-hybridized carbons (Fsp3) is 0.400. The van der Waals surface area contributed by atoms with E-state index in [1.54, 1.807) is 23.7 Å². The van der Waals surface area contributed by atoms with Crippen molar-refractivity contribution in [2.75, 3.05) is 11.9 Å². The van der Waals surface area contributed by atoms with Gasteiger partial charge in [0, 0.05) is 30.0 Å². The highest BCUT2D eigenvalue weighted by molar-refractivity contribution is 7.09. The summed E-state index contributed by atoms with van der Waals surface area (Å²) in [4.78, 5) is 20.9. The first-order chi connectivity index (χ1) is 10.1. The molecule has 2 N–H and O–H groups in total. The molecule has 2 heterocycles. The average molecular weight is 304 g/mol. The van der Waals surface area contributed by atoms with Crippen LogP contribution in [0.1, 0.15) is 47.4 Å². The zero-order valence-electron chi connectivity index (χ0n) is 12.5. The maximum Gasteiger partial charge on any atom is 0.255 e. The van der Waals surface area contributed by atoms with Crippen LogP contribution in [0, 0.1) is 6.92 Å². The molecule has 2 aromatic rings. The Hall–Kier alpha value is -1.95. The first-order valence-electron chi connectivity index (χ1n) is 7.02. The summed E-state index contributed by atoms with van der Waals surface area (Å²) in [6.45, 7) is 6.79. The summed E-state index contributed by atoms with van der Waals surface area (Å²) < 4.78 is 0. The lowest BCUT2D eigenvalue weighted by atomic mass is 10.2. The standard InChI is InChI=1S/C15H20N4OS/c1-4-6-17-13-5-7-16-8-12(13)14(20)19-11(3)15-18-10(2)9-21-15/h5,7-9,11H,4,6H2,1-3H3,(H,16,17)(H,19,20). The van der Waals surface area contributed by atoms with Crippen molar-refractivity contribution in [1.82, 2.24) is 15.3 Å². The second kappa shape index (κ2) is 7.17. The van der Waals surface area contributed by atoms with Crippen LogP contribution in [0.5, 0.6) is 0 Å². The number of pyridine rings is 1. The summed E-state index contributed by atoms with van der Waals surface area (Å²) in [5, 5.41) is 9.11. The maximum atomic E-state index is 12.4. The zero-order valence-corrected chi connectivity index (χ0v) is 13.3. The summed E-state index contributed by atoms with van der Waals surface area (Å²) in [5.74, 6) is -0.137. The minimum absolute atomic E-state index is 0.115. The summed E-state index contributed by atoms with van der Waals surface area (Å²) in [6.07, 6.45) is 4.27. The molecule has 0 saturated carbocycles. The van der Waals surface area contributed by atoms with Crippen LogP contribution >= 0.6 is 11.3 Å². The van der Waals surface area contributed by atoms with E-state index in [2.05, 4.69) is 27.5 Å². The number of thiazole rings is 1. The monoisotopic (exact) mass is 304 g/mol. The van der Waals surface area contributed by atoms with Gasteiger partial charge in [0.1, 0.15) is 5.01 Å². The van der Waals surface area contributed by atoms with Crippen molar-refractivity contribution in [3.63, 3.8) is 0 Å². The molecule has 2 aromatic heterocycles. The van der Waals surface area contributed by atoms with Gasteiger partial charge < -0.3 is 10.6 Å². The number of amides is 1. The van der Waals surface area contributed by atoms with Crippen molar-refractivity contribution < 1.29 is 4.79 Å². The van der Waals surface area contributed by atoms with E-state index in [0.717, 1.165) is 29.4 Å². The van der Waals surface area contributed by atoms with E-state index in [1.807, 2.05) is 25.3 Å². The molecule has 1 unspecified atom stereocenters. The van der Waals surface area contributed by atoms with Crippen LogP contribution in [-0.4, -0.2) is 22.4 Å². The number of nitrogens with zero attached hydrogens (tertiary/aromatic N) is 2. The SMILES string of the molecule is CCCNc1ccncc1C(=O)NC(C)c1nc(C)cs1. The Morgan fingerprint density at radius 3 is 2.95 bits per heavy atom. The largest absolute Gasteiger partial charge is 0.384 e. The van der Waals surface area contributed by atoms with E-state index in [0.29, 0.717) is 5.56 Å². The van der Waals surface area contributed by atoms with Crippen LogP contribution in [0.4, 0.5) is 5.69 Å². The fourth-order valence-corrected chi connectivity index (χ4v) is 2.70. The molecule has 0 fully saturated rings. The van der Waals surface area contributed by atoms with Crippen LogP contribution in [0.15, 0.2) is 23.8 Å². The lowest BCUT2D eigenvalue weighted by Gasteiger charge is -2.14. The molecule has 0 spiro atoms. The van der Waals surface area contributed by atoms with Crippen LogP contribution in [-0.2, 0) is 0 Å². The number of anilines is 1.